The molecule has 0 saturated carbocycles. The van der Waals surface area contributed by atoms with E-state index in [-0.39, 0.29) is 22.4 Å². The molecule has 0 heterocycles. The topological polar surface area (TPSA) is 92.3 Å². The molecule has 0 fully saturated rings. The lowest BCUT2D eigenvalue weighted by molar-refractivity contribution is -0.137. The lowest BCUT2D eigenvalue weighted by Crippen LogP contribution is -2.30. The fraction of sp³-hybridized carbons (Fsp3) is 0.214. The Morgan fingerprint density at radius 3 is 2.16 bits per heavy atom. The first-order valence-electron chi connectivity index (χ1n) is 11.7. The number of carbonyl (C=O) groups is 2. The second-order valence-corrected chi connectivity index (χ2v) is 10.1. The number of alkyl halides is 3. The van der Waals surface area contributed by atoms with E-state index in [1.807, 2.05) is 11.6 Å². The Kier molecular flexibility index (Phi) is 9.31. The van der Waals surface area contributed by atoms with E-state index >= 15 is 0 Å². The van der Waals surface area contributed by atoms with Crippen LogP contribution in [0.15, 0.2) is 77.7 Å². The first kappa shape index (κ1) is 28.5. The van der Waals surface area contributed by atoms with E-state index in [0.29, 0.717) is 17.7 Å². The summed E-state index contributed by atoms with van der Waals surface area (Å²) in [5.41, 5.74) is 0.618. The van der Waals surface area contributed by atoms with E-state index in [4.69, 9.17) is 0 Å². The van der Waals surface area contributed by atoms with Crippen LogP contribution in [-0.2, 0) is 21.0 Å². The maximum atomic E-state index is 12.8. The summed E-state index contributed by atoms with van der Waals surface area (Å²) in [6.45, 7) is 1.98. The van der Waals surface area contributed by atoms with E-state index in [2.05, 4.69) is 17.2 Å². The summed E-state index contributed by atoms with van der Waals surface area (Å²) in [4.78, 5) is 24.3. The van der Waals surface area contributed by atoms with Gasteiger partial charge in [0.05, 0.1) is 10.5 Å². The number of nitrogens with one attached hydrogen (secondary N) is 2. The van der Waals surface area contributed by atoms with Crippen LogP contribution in [-0.4, -0.2) is 20.2 Å². The molecular formula is C28H25F3N2O4S. The highest BCUT2D eigenvalue weighted by atomic mass is 32.2. The first-order chi connectivity index (χ1) is 18.0. The normalized spacial score (nSPS) is 11.3. The van der Waals surface area contributed by atoms with Gasteiger partial charge < -0.3 is 5.32 Å². The van der Waals surface area contributed by atoms with E-state index in [1.54, 1.807) is 24.3 Å². The van der Waals surface area contributed by atoms with Crippen LogP contribution in [0.2, 0.25) is 0 Å². The molecule has 0 aliphatic carbocycles. The zero-order chi connectivity index (χ0) is 27.8. The second kappa shape index (κ2) is 12.4. The molecule has 0 unspecified atom stereocenters. The maximum Gasteiger partial charge on any atom is 0.416 e. The Balaban J connectivity index is 1.61. The van der Waals surface area contributed by atoms with Gasteiger partial charge in [0.2, 0.25) is 5.91 Å². The third-order valence-corrected chi connectivity index (χ3v) is 6.76. The van der Waals surface area contributed by atoms with Crippen molar-refractivity contribution in [1.82, 2.24) is 4.72 Å². The van der Waals surface area contributed by atoms with Gasteiger partial charge in [0, 0.05) is 28.8 Å². The quantitative estimate of drug-likeness (QED) is 0.280. The fourth-order valence-electron chi connectivity index (χ4n) is 3.34. The van der Waals surface area contributed by atoms with Crippen LogP contribution in [0, 0.1) is 11.8 Å². The van der Waals surface area contributed by atoms with Crippen LogP contribution >= 0.6 is 0 Å². The van der Waals surface area contributed by atoms with Crippen molar-refractivity contribution in [3.63, 3.8) is 0 Å². The molecule has 198 valence electrons. The molecule has 2 N–H and O–H groups in total. The number of rotatable bonds is 8. The molecule has 38 heavy (non-hydrogen) atoms. The van der Waals surface area contributed by atoms with Crippen molar-refractivity contribution in [3.05, 3.63) is 95.1 Å². The van der Waals surface area contributed by atoms with Crippen LogP contribution in [0.5, 0.6) is 0 Å². The highest BCUT2D eigenvalue weighted by Crippen LogP contribution is 2.29. The minimum Gasteiger partial charge on any atom is -0.322 e. The highest BCUT2D eigenvalue weighted by Gasteiger charge is 2.30. The number of unbranched alkanes of at least 4 members (excludes halogenated alkanes) is 2. The number of anilines is 1. The van der Waals surface area contributed by atoms with Crippen LogP contribution in [0.3, 0.4) is 0 Å². The van der Waals surface area contributed by atoms with Crippen LogP contribution in [0.25, 0.3) is 0 Å². The third-order valence-electron chi connectivity index (χ3n) is 5.37. The molecule has 3 aromatic carbocycles. The van der Waals surface area contributed by atoms with Crippen molar-refractivity contribution < 1.29 is 31.2 Å². The maximum absolute atomic E-state index is 12.8. The summed E-state index contributed by atoms with van der Waals surface area (Å²) in [6.07, 6.45) is -2.00. The molecule has 0 aliphatic rings. The lowest BCUT2D eigenvalue weighted by Gasteiger charge is -2.09. The van der Waals surface area contributed by atoms with Crippen molar-refractivity contribution in [2.75, 3.05) is 5.32 Å². The molecule has 0 radical (unpaired) electrons. The molecule has 3 rings (SSSR count). The Morgan fingerprint density at radius 1 is 0.868 bits per heavy atom. The molecule has 0 aliphatic heterocycles. The largest absolute Gasteiger partial charge is 0.416 e. The number of hydrogen-bond acceptors (Lipinski definition) is 4. The first-order valence-corrected chi connectivity index (χ1v) is 13.2. The van der Waals surface area contributed by atoms with Gasteiger partial charge in [-0.2, -0.15) is 13.2 Å². The average molecular weight is 543 g/mol. The second-order valence-electron chi connectivity index (χ2n) is 8.37. The standard InChI is InChI=1S/C28H25F3N2O4S/c1-2-3-4-8-26(34)33-38(36,37)25-17-13-22(14-18-25)27(35)32-24-15-11-20(12-16-24)9-10-21-6-5-7-23(19-21)28(29,30)31/h5-7,11-19H,2-4,8H2,1H3,(H,32,35)(H,33,34). The minimum atomic E-state index is -4.45. The van der Waals surface area contributed by atoms with Gasteiger partial charge in [-0.3, -0.25) is 9.59 Å². The minimum absolute atomic E-state index is 0.114. The van der Waals surface area contributed by atoms with Gasteiger partial charge in [-0.1, -0.05) is 37.7 Å². The molecule has 0 bridgehead atoms. The Hall–Kier alpha value is -4.10. The monoisotopic (exact) mass is 542 g/mol. The zero-order valence-corrected chi connectivity index (χ0v) is 21.2. The molecule has 6 nitrogen and oxygen atoms in total. The van der Waals surface area contributed by atoms with Gasteiger partial charge in [-0.05, 0) is 73.2 Å². The average Bonchev–Trinajstić information content (AvgIpc) is 2.88. The number of halogens is 3. The summed E-state index contributed by atoms with van der Waals surface area (Å²) >= 11 is 0. The van der Waals surface area contributed by atoms with Crippen molar-refractivity contribution in [2.45, 2.75) is 43.7 Å². The van der Waals surface area contributed by atoms with Crippen molar-refractivity contribution in [1.29, 1.82) is 0 Å². The SMILES string of the molecule is CCCCCC(=O)NS(=O)(=O)c1ccc(C(=O)Nc2ccc(C#Cc3cccc(C(F)(F)F)c3)cc2)cc1. The van der Waals surface area contributed by atoms with Gasteiger partial charge in [-0.15, -0.1) is 0 Å². The predicted octanol–water partition coefficient (Wildman–Crippen LogP) is 5.74. The van der Waals surface area contributed by atoms with Crippen molar-refractivity contribution in [3.8, 4) is 11.8 Å². The van der Waals surface area contributed by atoms with E-state index in [0.717, 1.165) is 25.0 Å². The number of benzene rings is 3. The van der Waals surface area contributed by atoms with Crippen molar-refractivity contribution >= 4 is 27.5 Å². The number of hydrogen-bond donors (Lipinski definition) is 2. The van der Waals surface area contributed by atoms with Crippen molar-refractivity contribution in [2.24, 2.45) is 0 Å². The molecule has 0 atom stereocenters. The molecule has 0 aromatic heterocycles. The fourth-order valence-corrected chi connectivity index (χ4v) is 4.35. The number of carbonyl (C=O) groups excluding carboxylic acids is 2. The molecule has 10 heteroatoms. The summed E-state index contributed by atoms with van der Waals surface area (Å²) in [5, 5.41) is 2.67. The lowest BCUT2D eigenvalue weighted by atomic mass is 10.1. The van der Waals surface area contributed by atoms with E-state index in [1.165, 1.54) is 36.4 Å². The Morgan fingerprint density at radius 2 is 1.53 bits per heavy atom. The van der Waals surface area contributed by atoms with Gasteiger partial charge in [0.1, 0.15) is 0 Å². The van der Waals surface area contributed by atoms with Gasteiger partial charge >= 0.3 is 6.18 Å². The van der Waals surface area contributed by atoms with E-state index in [9.17, 15) is 31.2 Å². The molecular weight excluding hydrogens is 517 g/mol. The Labute approximate surface area is 219 Å². The number of amides is 2. The molecule has 2 amide bonds. The molecule has 0 saturated heterocycles. The Bertz CT molecular complexity index is 1450. The smallest absolute Gasteiger partial charge is 0.322 e. The summed E-state index contributed by atoms with van der Waals surface area (Å²) in [6, 6.07) is 16.2. The molecule has 0 spiro atoms. The third kappa shape index (κ3) is 8.21. The van der Waals surface area contributed by atoms with E-state index < -0.39 is 33.6 Å². The van der Waals surface area contributed by atoms with Crippen LogP contribution < -0.4 is 10.0 Å². The van der Waals surface area contributed by atoms with Gasteiger partial charge in [0.15, 0.2) is 0 Å². The van der Waals surface area contributed by atoms with Gasteiger partial charge in [0.25, 0.3) is 15.9 Å². The zero-order valence-electron chi connectivity index (χ0n) is 20.4. The highest BCUT2D eigenvalue weighted by molar-refractivity contribution is 7.90. The predicted molar refractivity (Wildman–Crippen MR) is 138 cm³/mol. The van der Waals surface area contributed by atoms with Crippen LogP contribution in [0.1, 0.15) is 59.7 Å². The van der Waals surface area contributed by atoms with Gasteiger partial charge in [-0.25, -0.2) is 13.1 Å². The van der Waals surface area contributed by atoms with Crippen LogP contribution in [0.4, 0.5) is 18.9 Å². The number of sulfonamides is 1. The summed E-state index contributed by atoms with van der Waals surface area (Å²) in [5.74, 6) is 4.41. The summed E-state index contributed by atoms with van der Waals surface area (Å²) in [7, 11) is -4.04. The summed E-state index contributed by atoms with van der Waals surface area (Å²) < 4.78 is 65.3. The molecule has 3 aromatic rings.